The zero-order valence-corrected chi connectivity index (χ0v) is 28.9. The number of aliphatic hydroxyl groups excluding tert-OH is 1. The van der Waals surface area contributed by atoms with Crippen molar-refractivity contribution < 1.29 is 33.9 Å². The normalized spacial score (nSPS) is 10.8. The number of anilines is 2. The Labute approximate surface area is 274 Å². The second-order valence-electron chi connectivity index (χ2n) is 9.91. The highest BCUT2D eigenvalue weighted by atomic mass is 16.3. The van der Waals surface area contributed by atoms with Crippen LogP contribution in [0, 0.1) is 0 Å². The molecule has 0 radical (unpaired) electrons. The summed E-state index contributed by atoms with van der Waals surface area (Å²) < 4.78 is 0. The molecule has 46 heavy (non-hydrogen) atoms. The fraction of sp³-hybridized carbons (Fsp3) is 0.486. The molecule has 2 atom stereocenters. The first-order valence-electron chi connectivity index (χ1n) is 15.8. The minimum Gasteiger partial charge on any atom is -0.392 e. The van der Waals surface area contributed by atoms with Gasteiger partial charge in [-0.1, -0.05) is 58.9 Å². The van der Waals surface area contributed by atoms with E-state index in [1.54, 1.807) is 24.3 Å². The Hall–Kier alpha value is -4.38. The van der Waals surface area contributed by atoms with Gasteiger partial charge in [0.25, 0.3) is 0 Å². The van der Waals surface area contributed by atoms with E-state index in [1.165, 1.54) is 33.3 Å². The summed E-state index contributed by atoms with van der Waals surface area (Å²) in [7, 11) is 0. The van der Waals surface area contributed by atoms with E-state index in [9.17, 15) is 28.8 Å². The van der Waals surface area contributed by atoms with Gasteiger partial charge in [-0.2, -0.15) is 0 Å². The Kier molecular flexibility index (Phi) is 24.6. The van der Waals surface area contributed by atoms with E-state index < -0.39 is 24.1 Å². The van der Waals surface area contributed by atoms with Gasteiger partial charge in [0.1, 0.15) is 11.6 Å². The molecule has 0 bridgehead atoms. The zero-order chi connectivity index (χ0) is 35.7. The Morgan fingerprint density at radius 1 is 0.587 bits per heavy atom. The number of benzene rings is 2. The van der Waals surface area contributed by atoms with Crippen molar-refractivity contribution in [3.05, 3.63) is 59.7 Å². The van der Waals surface area contributed by atoms with Crippen molar-refractivity contribution >= 4 is 46.6 Å². The first kappa shape index (κ1) is 43.7. The lowest BCUT2D eigenvalue weighted by Gasteiger charge is -2.16. The molecule has 2 rings (SSSR count). The van der Waals surface area contributed by atoms with Gasteiger partial charge in [-0.25, -0.2) is 9.59 Å². The van der Waals surface area contributed by atoms with E-state index in [-0.39, 0.29) is 42.6 Å². The minimum absolute atomic E-state index is 0.00128. The smallest absolute Gasteiger partial charge is 0.319 e. The summed E-state index contributed by atoms with van der Waals surface area (Å²) in [6.07, 6.45) is 2.07. The molecular formula is C35H54N4O7. The molecule has 0 heterocycles. The number of aliphatic hydroxyl groups is 1. The number of aryl methyl sites for hydroxylation is 1. The third-order valence-corrected chi connectivity index (χ3v) is 6.18. The summed E-state index contributed by atoms with van der Waals surface area (Å²) >= 11 is 0. The highest BCUT2D eigenvalue weighted by molar-refractivity contribution is 5.94. The Morgan fingerprint density at radius 3 is 1.17 bits per heavy atom. The fourth-order valence-electron chi connectivity index (χ4n) is 3.62. The van der Waals surface area contributed by atoms with Crippen LogP contribution in [0.1, 0.15) is 99.1 Å². The number of carbonyl (C=O) groups is 6. The predicted molar refractivity (Wildman–Crippen MR) is 184 cm³/mol. The third kappa shape index (κ3) is 20.6. The van der Waals surface area contributed by atoms with E-state index in [1.807, 2.05) is 52.0 Å². The van der Waals surface area contributed by atoms with Crippen LogP contribution in [0.4, 0.5) is 21.0 Å². The maximum Gasteiger partial charge on any atom is 0.319 e. The van der Waals surface area contributed by atoms with Crippen molar-refractivity contribution in [2.75, 3.05) is 10.6 Å². The number of amides is 4. The van der Waals surface area contributed by atoms with Gasteiger partial charge in [-0.05, 0) is 82.3 Å². The SMILES string of the molecule is CC.CC.CC(=O)CCC(NC(=O)Nc1ccc(CO)cc1)C(C)=O.CCc1ccc(NC(=O)NC(CCC(C)=O)C(C)=O)cc1. The summed E-state index contributed by atoms with van der Waals surface area (Å²) in [5, 5.41) is 19.4. The van der Waals surface area contributed by atoms with Crippen LogP contribution in [-0.2, 0) is 32.2 Å². The summed E-state index contributed by atoms with van der Waals surface area (Å²) in [6.45, 7) is 15.7. The number of nitrogens with one attached hydrogen (secondary N) is 4. The van der Waals surface area contributed by atoms with E-state index >= 15 is 0 Å². The monoisotopic (exact) mass is 642 g/mol. The summed E-state index contributed by atoms with van der Waals surface area (Å²) in [6, 6.07) is 11.9. The molecule has 0 aromatic heterocycles. The molecule has 0 aliphatic carbocycles. The van der Waals surface area contributed by atoms with Crippen LogP contribution in [0.5, 0.6) is 0 Å². The molecular weight excluding hydrogens is 588 g/mol. The highest BCUT2D eigenvalue weighted by Crippen LogP contribution is 2.11. The van der Waals surface area contributed by atoms with Gasteiger partial charge in [0.05, 0.1) is 18.7 Å². The van der Waals surface area contributed by atoms with Crippen molar-refractivity contribution in [2.45, 2.75) is 113 Å². The van der Waals surface area contributed by atoms with Crippen LogP contribution in [0.2, 0.25) is 0 Å². The van der Waals surface area contributed by atoms with E-state index in [0.717, 1.165) is 12.0 Å². The molecule has 11 nitrogen and oxygen atoms in total. The van der Waals surface area contributed by atoms with Gasteiger partial charge in [-0.3, -0.25) is 9.59 Å². The van der Waals surface area contributed by atoms with Crippen molar-refractivity contribution in [2.24, 2.45) is 0 Å². The van der Waals surface area contributed by atoms with Gasteiger partial charge >= 0.3 is 12.1 Å². The molecule has 4 amide bonds. The van der Waals surface area contributed by atoms with Gasteiger partial charge in [0.15, 0.2) is 11.6 Å². The maximum atomic E-state index is 11.9. The molecule has 0 saturated carbocycles. The predicted octanol–water partition coefficient (Wildman–Crippen LogP) is 6.38. The number of carbonyl (C=O) groups excluding carboxylic acids is 6. The van der Waals surface area contributed by atoms with Crippen molar-refractivity contribution in [3.8, 4) is 0 Å². The quantitative estimate of drug-likeness (QED) is 0.159. The number of ketones is 4. The molecule has 2 aromatic rings. The first-order chi connectivity index (χ1) is 21.8. The number of Topliss-reactive ketones (excluding diaryl/α,β-unsaturated/α-hetero) is 4. The van der Waals surface area contributed by atoms with Crippen LogP contribution in [0.15, 0.2) is 48.5 Å². The van der Waals surface area contributed by atoms with Crippen molar-refractivity contribution in [1.29, 1.82) is 0 Å². The number of rotatable bonds is 14. The Balaban J connectivity index is 0. The lowest BCUT2D eigenvalue weighted by Crippen LogP contribution is -2.42. The number of urea groups is 2. The number of hydrogen-bond acceptors (Lipinski definition) is 7. The molecule has 11 heteroatoms. The molecule has 2 unspecified atom stereocenters. The Morgan fingerprint density at radius 2 is 0.913 bits per heavy atom. The summed E-state index contributed by atoms with van der Waals surface area (Å²) in [5.74, 6) is -0.378. The highest BCUT2D eigenvalue weighted by Gasteiger charge is 2.18. The molecule has 5 N–H and O–H groups in total. The van der Waals surface area contributed by atoms with Crippen LogP contribution in [0.25, 0.3) is 0 Å². The largest absolute Gasteiger partial charge is 0.392 e. The maximum absolute atomic E-state index is 11.9. The standard InChI is InChI=1S/C16H22N2O3.C15H20N2O4.2C2H6/c1-4-13-6-8-14(9-7-13)17-16(21)18-15(12(3)20)10-5-11(2)19;1-10(19)3-8-14(11(2)20)17-15(21)16-13-6-4-12(9-18)5-7-13;2*1-2/h6-9,15H,4-5,10H2,1-3H3,(H2,17,18,21);4-7,14,18H,3,8-9H2,1-2H3,(H2,16,17,21);2*1-2H3. The Bertz CT molecular complexity index is 1120. The third-order valence-electron chi connectivity index (χ3n) is 6.18. The van der Waals surface area contributed by atoms with Crippen molar-refractivity contribution in [1.82, 2.24) is 10.6 Å². The van der Waals surface area contributed by atoms with Crippen molar-refractivity contribution in [3.63, 3.8) is 0 Å². The van der Waals surface area contributed by atoms with Gasteiger partial charge in [0, 0.05) is 24.2 Å². The second kappa shape index (κ2) is 25.9. The van der Waals surface area contributed by atoms with Gasteiger partial charge < -0.3 is 36.0 Å². The van der Waals surface area contributed by atoms with Crippen LogP contribution < -0.4 is 21.3 Å². The average Bonchev–Trinajstić information content (AvgIpc) is 3.03. The van der Waals surface area contributed by atoms with E-state index in [0.29, 0.717) is 24.2 Å². The molecule has 0 aliphatic rings. The van der Waals surface area contributed by atoms with Gasteiger partial charge in [0.2, 0.25) is 0 Å². The second-order valence-corrected chi connectivity index (χ2v) is 9.91. The number of hydrogen-bond donors (Lipinski definition) is 5. The molecule has 0 fully saturated rings. The van der Waals surface area contributed by atoms with Gasteiger partial charge in [-0.15, -0.1) is 0 Å². The van der Waals surface area contributed by atoms with Crippen LogP contribution in [0.3, 0.4) is 0 Å². The lowest BCUT2D eigenvalue weighted by molar-refractivity contribution is -0.121. The average molecular weight is 643 g/mol. The van der Waals surface area contributed by atoms with Crippen LogP contribution in [-0.4, -0.2) is 52.4 Å². The first-order valence-corrected chi connectivity index (χ1v) is 15.8. The lowest BCUT2D eigenvalue weighted by atomic mass is 10.1. The molecule has 256 valence electrons. The summed E-state index contributed by atoms with van der Waals surface area (Å²) in [4.78, 5) is 68.5. The van der Waals surface area contributed by atoms with Crippen LogP contribution >= 0.6 is 0 Å². The topological polar surface area (TPSA) is 171 Å². The molecule has 0 aliphatic heterocycles. The molecule has 0 spiro atoms. The summed E-state index contributed by atoms with van der Waals surface area (Å²) in [5.41, 5.74) is 3.14. The zero-order valence-electron chi connectivity index (χ0n) is 28.9. The molecule has 2 aromatic carbocycles. The van der Waals surface area contributed by atoms with E-state index in [4.69, 9.17) is 5.11 Å². The van der Waals surface area contributed by atoms with E-state index in [2.05, 4.69) is 28.2 Å². The fourth-order valence-corrected chi connectivity index (χ4v) is 3.62. The molecule has 0 saturated heterocycles. The minimum atomic E-state index is -0.675.